The summed E-state index contributed by atoms with van der Waals surface area (Å²) in [5.41, 5.74) is 1.21. The van der Waals surface area contributed by atoms with Gasteiger partial charge in [-0.1, -0.05) is 0 Å². The van der Waals surface area contributed by atoms with E-state index in [0.717, 1.165) is 18.5 Å². The number of esters is 1. The van der Waals surface area contributed by atoms with E-state index in [9.17, 15) is 13.2 Å². The molecule has 1 N–H and O–H groups in total. The maximum Gasteiger partial charge on any atom is 0.338 e. The second kappa shape index (κ2) is 7.84. The molecule has 26 heavy (non-hydrogen) atoms. The molecule has 0 atom stereocenters. The molecule has 2 aromatic rings. The zero-order valence-corrected chi connectivity index (χ0v) is 15.3. The second-order valence-electron chi connectivity index (χ2n) is 5.91. The van der Waals surface area contributed by atoms with Crippen LogP contribution in [0.4, 0.5) is 11.5 Å². The number of sulfonamides is 1. The highest BCUT2D eigenvalue weighted by molar-refractivity contribution is 7.89. The molecule has 138 valence electrons. The molecule has 1 saturated heterocycles. The molecule has 7 nitrogen and oxygen atoms in total. The maximum atomic E-state index is 12.5. The lowest BCUT2D eigenvalue weighted by molar-refractivity contribution is 0.0526. The first-order valence-corrected chi connectivity index (χ1v) is 9.95. The van der Waals surface area contributed by atoms with Gasteiger partial charge in [-0.05, 0) is 56.2 Å². The molecule has 0 saturated carbocycles. The molecule has 2 heterocycles. The zero-order valence-electron chi connectivity index (χ0n) is 14.5. The summed E-state index contributed by atoms with van der Waals surface area (Å²) in [4.78, 5) is 16.0. The summed E-state index contributed by atoms with van der Waals surface area (Å²) in [5, 5.41) is 3.08. The number of anilines is 2. The van der Waals surface area contributed by atoms with Gasteiger partial charge in [0.25, 0.3) is 0 Å². The molecule has 0 amide bonds. The number of carbonyl (C=O) groups excluding carboxylic acids is 1. The minimum absolute atomic E-state index is 0.197. The van der Waals surface area contributed by atoms with Crippen molar-refractivity contribution in [1.82, 2.24) is 9.29 Å². The largest absolute Gasteiger partial charge is 0.462 e. The predicted octanol–water partition coefficient (Wildman–Crippen LogP) is 2.79. The lowest BCUT2D eigenvalue weighted by Crippen LogP contribution is -2.27. The van der Waals surface area contributed by atoms with E-state index < -0.39 is 10.0 Å². The summed E-state index contributed by atoms with van der Waals surface area (Å²) >= 11 is 0. The molecular weight excluding hydrogens is 354 g/mol. The zero-order chi connectivity index (χ0) is 18.6. The molecule has 0 spiro atoms. The van der Waals surface area contributed by atoms with Gasteiger partial charge in [-0.2, -0.15) is 4.31 Å². The van der Waals surface area contributed by atoms with E-state index in [2.05, 4.69) is 10.3 Å². The third kappa shape index (κ3) is 4.03. The van der Waals surface area contributed by atoms with Crippen LogP contribution in [-0.2, 0) is 14.8 Å². The van der Waals surface area contributed by atoms with Crippen molar-refractivity contribution in [2.24, 2.45) is 0 Å². The first kappa shape index (κ1) is 18.3. The van der Waals surface area contributed by atoms with Gasteiger partial charge in [-0.3, -0.25) is 0 Å². The van der Waals surface area contributed by atoms with Gasteiger partial charge in [0.2, 0.25) is 10.0 Å². The van der Waals surface area contributed by atoms with Crippen molar-refractivity contribution >= 4 is 27.5 Å². The Balaban J connectivity index is 1.68. The quantitative estimate of drug-likeness (QED) is 0.781. The van der Waals surface area contributed by atoms with Gasteiger partial charge in [0.15, 0.2) is 0 Å². The van der Waals surface area contributed by atoms with Crippen LogP contribution in [0.1, 0.15) is 30.1 Å². The Morgan fingerprint density at radius 3 is 2.42 bits per heavy atom. The number of hydrogen-bond donors (Lipinski definition) is 1. The molecule has 3 rings (SSSR count). The number of hydrogen-bond acceptors (Lipinski definition) is 6. The Bertz CT molecular complexity index is 858. The molecule has 0 bridgehead atoms. The van der Waals surface area contributed by atoms with Crippen LogP contribution in [0.5, 0.6) is 0 Å². The Morgan fingerprint density at radius 1 is 1.15 bits per heavy atom. The average molecular weight is 375 g/mol. The average Bonchev–Trinajstić information content (AvgIpc) is 3.19. The smallest absolute Gasteiger partial charge is 0.338 e. The van der Waals surface area contributed by atoms with Gasteiger partial charge in [0, 0.05) is 25.0 Å². The summed E-state index contributed by atoms with van der Waals surface area (Å²) in [5.74, 6) is 0.155. The molecule has 1 fully saturated rings. The van der Waals surface area contributed by atoms with Crippen molar-refractivity contribution in [3.8, 4) is 0 Å². The number of ether oxygens (including phenoxy) is 1. The van der Waals surface area contributed by atoms with E-state index in [-0.39, 0.29) is 10.9 Å². The molecule has 0 radical (unpaired) electrons. The molecule has 8 heteroatoms. The number of carbonyl (C=O) groups is 1. The highest BCUT2D eigenvalue weighted by Crippen LogP contribution is 2.22. The fourth-order valence-corrected chi connectivity index (χ4v) is 4.20. The fourth-order valence-electron chi connectivity index (χ4n) is 2.74. The van der Waals surface area contributed by atoms with Crippen LogP contribution in [0, 0.1) is 0 Å². The Kier molecular flexibility index (Phi) is 5.53. The van der Waals surface area contributed by atoms with Crippen LogP contribution in [0.2, 0.25) is 0 Å². The van der Waals surface area contributed by atoms with Crippen LogP contribution in [0.15, 0.2) is 47.5 Å². The maximum absolute atomic E-state index is 12.5. The predicted molar refractivity (Wildman–Crippen MR) is 97.9 cm³/mol. The Morgan fingerprint density at radius 2 is 1.85 bits per heavy atom. The van der Waals surface area contributed by atoms with Gasteiger partial charge in [-0.15, -0.1) is 0 Å². The monoisotopic (exact) mass is 375 g/mol. The van der Waals surface area contributed by atoms with E-state index in [1.165, 1.54) is 10.5 Å². The normalized spacial score (nSPS) is 15.0. The highest BCUT2D eigenvalue weighted by atomic mass is 32.2. The number of aromatic nitrogens is 1. The number of benzene rings is 1. The van der Waals surface area contributed by atoms with Crippen LogP contribution < -0.4 is 5.32 Å². The Hall–Kier alpha value is -2.45. The first-order valence-electron chi connectivity index (χ1n) is 8.51. The fraction of sp³-hybridized carbons (Fsp3) is 0.333. The van der Waals surface area contributed by atoms with Gasteiger partial charge in [0.05, 0.1) is 12.2 Å². The number of rotatable bonds is 6. The van der Waals surface area contributed by atoms with E-state index in [1.54, 1.807) is 43.3 Å². The van der Waals surface area contributed by atoms with E-state index in [4.69, 9.17) is 4.74 Å². The van der Waals surface area contributed by atoms with Crippen molar-refractivity contribution in [2.75, 3.05) is 25.0 Å². The third-order valence-electron chi connectivity index (χ3n) is 4.11. The molecular formula is C18H21N3O4S. The van der Waals surface area contributed by atoms with Crippen LogP contribution in [-0.4, -0.2) is 43.4 Å². The molecule has 0 aliphatic carbocycles. The minimum Gasteiger partial charge on any atom is -0.462 e. The molecule has 0 unspecified atom stereocenters. The van der Waals surface area contributed by atoms with Crippen molar-refractivity contribution in [2.45, 2.75) is 24.7 Å². The highest BCUT2D eigenvalue weighted by Gasteiger charge is 2.27. The topological polar surface area (TPSA) is 88.6 Å². The van der Waals surface area contributed by atoms with Gasteiger partial charge >= 0.3 is 5.97 Å². The minimum atomic E-state index is -3.46. The van der Waals surface area contributed by atoms with Crippen molar-refractivity contribution in [1.29, 1.82) is 0 Å². The van der Waals surface area contributed by atoms with Gasteiger partial charge in [-0.25, -0.2) is 18.2 Å². The Labute approximate surface area is 153 Å². The number of pyridine rings is 1. The lowest BCUT2D eigenvalue weighted by Gasteiger charge is -2.15. The summed E-state index contributed by atoms with van der Waals surface area (Å²) < 4.78 is 31.4. The van der Waals surface area contributed by atoms with E-state index in [1.807, 2.05) is 0 Å². The summed E-state index contributed by atoms with van der Waals surface area (Å²) in [7, 11) is -3.46. The number of nitrogens with one attached hydrogen (secondary N) is 1. The van der Waals surface area contributed by atoms with E-state index in [0.29, 0.717) is 31.1 Å². The van der Waals surface area contributed by atoms with E-state index >= 15 is 0 Å². The second-order valence-corrected chi connectivity index (χ2v) is 7.85. The molecule has 1 aromatic heterocycles. The summed E-state index contributed by atoms with van der Waals surface area (Å²) in [6.07, 6.45) is 3.16. The van der Waals surface area contributed by atoms with Crippen LogP contribution in [0.3, 0.4) is 0 Å². The van der Waals surface area contributed by atoms with Crippen LogP contribution in [0.25, 0.3) is 0 Å². The summed E-state index contributed by atoms with van der Waals surface area (Å²) in [6.45, 7) is 3.22. The molecule has 1 aliphatic rings. The molecule has 1 aromatic carbocycles. The van der Waals surface area contributed by atoms with Crippen molar-refractivity contribution in [3.63, 3.8) is 0 Å². The standard InChI is InChI=1S/C18H21N3O4S/c1-2-25-18(22)14-5-7-15(8-6-14)20-17-10-9-16(13-19-17)26(23,24)21-11-3-4-12-21/h5-10,13H,2-4,11-12H2,1H3,(H,19,20). The number of nitrogens with zero attached hydrogens (tertiary/aromatic N) is 2. The van der Waals surface area contributed by atoms with Crippen LogP contribution >= 0.6 is 0 Å². The summed E-state index contributed by atoms with van der Waals surface area (Å²) in [6, 6.07) is 9.98. The lowest BCUT2D eigenvalue weighted by atomic mass is 10.2. The van der Waals surface area contributed by atoms with Crippen molar-refractivity contribution < 1.29 is 17.9 Å². The van der Waals surface area contributed by atoms with Crippen molar-refractivity contribution in [3.05, 3.63) is 48.2 Å². The first-order chi connectivity index (χ1) is 12.5. The van der Waals surface area contributed by atoms with Gasteiger partial charge < -0.3 is 10.1 Å². The van der Waals surface area contributed by atoms with Gasteiger partial charge in [0.1, 0.15) is 10.7 Å². The SMILES string of the molecule is CCOC(=O)c1ccc(Nc2ccc(S(=O)(=O)N3CCCC3)cn2)cc1. The molecule has 1 aliphatic heterocycles. The third-order valence-corrected chi connectivity index (χ3v) is 5.99.